The molecule has 0 aromatic rings. The number of aliphatic hydroxyl groups is 1. The maximum atomic E-state index is 10.7. The molecule has 0 aromatic heterocycles. The SMILES string of the molecule is CC#CC(=O)NCC(O)COC. The Morgan fingerprint density at radius 2 is 2.42 bits per heavy atom. The maximum absolute atomic E-state index is 10.7. The second-order valence-corrected chi connectivity index (χ2v) is 2.19. The molecule has 1 atom stereocenters. The molecule has 0 heterocycles. The molecule has 0 bridgehead atoms. The van der Waals surface area contributed by atoms with Crippen LogP contribution in [0.15, 0.2) is 0 Å². The molecular weight excluding hydrogens is 158 g/mol. The van der Waals surface area contributed by atoms with Gasteiger partial charge in [0.05, 0.1) is 12.7 Å². The van der Waals surface area contributed by atoms with Crippen LogP contribution in [0.4, 0.5) is 0 Å². The second-order valence-electron chi connectivity index (χ2n) is 2.19. The zero-order valence-corrected chi connectivity index (χ0v) is 7.26. The Balaban J connectivity index is 3.51. The van der Waals surface area contributed by atoms with Crippen LogP contribution in [0.3, 0.4) is 0 Å². The van der Waals surface area contributed by atoms with Crippen LogP contribution >= 0.6 is 0 Å². The molecule has 68 valence electrons. The van der Waals surface area contributed by atoms with Crippen LogP contribution in [0.2, 0.25) is 0 Å². The van der Waals surface area contributed by atoms with Crippen molar-refractivity contribution in [2.24, 2.45) is 0 Å². The van der Waals surface area contributed by atoms with Gasteiger partial charge in [0.25, 0.3) is 5.91 Å². The number of carbonyl (C=O) groups excluding carboxylic acids is 1. The molecule has 12 heavy (non-hydrogen) atoms. The lowest BCUT2D eigenvalue weighted by Crippen LogP contribution is -2.33. The summed E-state index contributed by atoms with van der Waals surface area (Å²) in [6, 6.07) is 0. The standard InChI is InChI=1S/C8H13NO3/c1-3-4-8(11)9-5-7(10)6-12-2/h7,10H,5-6H2,1-2H3,(H,9,11). The molecule has 0 aliphatic heterocycles. The fourth-order valence-corrected chi connectivity index (χ4v) is 0.620. The number of aliphatic hydroxyl groups excluding tert-OH is 1. The van der Waals surface area contributed by atoms with Gasteiger partial charge in [-0.05, 0) is 12.8 Å². The summed E-state index contributed by atoms with van der Waals surface area (Å²) < 4.78 is 4.66. The summed E-state index contributed by atoms with van der Waals surface area (Å²) in [5.41, 5.74) is 0. The van der Waals surface area contributed by atoms with Crippen molar-refractivity contribution in [3.8, 4) is 11.8 Å². The molecule has 0 aliphatic rings. The van der Waals surface area contributed by atoms with Gasteiger partial charge in [-0.3, -0.25) is 4.79 Å². The second kappa shape index (κ2) is 6.65. The number of nitrogens with one attached hydrogen (secondary N) is 1. The van der Waals surface area contributed by atoms with E-state index < -0.39 is 6.10 Å². The van der Waals surface area contributed by atoms with E-state index in [9.17, 15) is 4.79 Å². The highest BCUT2D eigenvalue weighted by molar-refractivity contribution is 5.93. The summed E-state index contributed by atoms with van der Waals surface area (Å²) in [6.45, 7) is 1.95. The largest absolute Gasteiger partial charge is 0.389 e. The molecule has 0 aliphatic carbocycles. The molecule has 4 nitrogen and oxygen atoms in total. The van der Waals surface area contributed by atoms with E-state index >= 15 is 0 Å². The van der Waals surface area contributed by atoms with Crippen LogP contribution in [0.5, 0.6) is 0 Å². The zero-order valence-electron chi connectivity index (χ0n) is 7.26. The summed E-state index contributed by atoms with van der Waals surface area (Å²) in [4.78, 5) is 10.7. The summed E-state index contributed by atoms with van der Waals surface area (Å²) in [6.07, 6.45) is -0.669. The van der Waals surface area contributed by atoms with Crippen LogP contribution < -0.4 is 5.32 Å². The van der Waals surface area contributed by atoms with Crippen molar-refractivity contribution in [1.82, 2.24) is 5.32 Å². The van der Waals surface area contributed by atoms with Gasteiger partial charge >= 0.3 is 0 Å². The lowest BCUT2D eigenvalue weighted by molar-refractivity contribution is -0.116. The van der Waals surface area contributed by atoms with Crippen molar-refractivity contribution >= 4 is 5.91 Å². The van der Waals surface area contributed by atoms with Crippen LogP contribution in [0.1, 0.15) is 6.92 Å². The monoisotopic (exact) mass is 171 g/mol. The maximum Gasteiger partial charge on any atom is 0.295 e. The number of methoxy groups -OCH3 is 1. The molecule has 4 heteroatoms. The smallest absolute Gasteiger partial charge is 0.295 e. The Labute approximate surface area is 71.9 Å². The summed E-state index contributed by atoms with van der Waals surface area (Å²) >= 11 is 0. The Bertz CT molecular complexity index is 192. The minimum Gasteiger partial charge on any atom is -0.389 e. The molecule has 1 amide bonds. The highest BCUT2D eigenvalue weighted by atomic mass is 16.5. The van der Waals surface area contributed by atoms with Gasteiger partial charge < -0.3 is 15.2 Å². The van der Waals surface area contributed by atoms with Crippen LogP contribution in [0.25, 0.3) is 0 Å². The lowest BCUT2D eigenvalue weighted by atomic mass is 10.4. The van der Waals surface area contributed by atoms with Gasteiger partial charge in [0, 0.05) is 13.7 Å². The Morgan fingerprint density at radius 1 is 1.75 bits per heavy atom. The van der Waals surface area contributed by atoms with Gasteiger partial charge in [-0.25, -0.2) is 0 Å². The van der Waals surface area contributed by atoms with E-state index in [1.807, 2.05) is 0 Å². The molecule has 0 saturated carbocycles. The molecule has 0 fully saturated rings. The first-order valence-corrected chi connectivity index (χ1v) is 3.58. The van der Waals surface area contributed by atoms with Crippen molar-refractivity contribution in [3.05, 3.63) is 0 Å². The summed E-state index contributed by atoms with van der Waals surface area (Å²) in [5, 5.41) is 11.5. The van der Waals surface area contributed by atoms with Gasteiger partial charge in [0.2, 0.25) is 0 Å². The van der Waals surface area contributed by atoms with Crippen LogP contribution in [-0.4, -0.2) is 37.4 Å². The molecule has 2 N–H and O–H groups in total. The Kier molecular flexibility index (Phi) is 6.07. The lowest BCUT2D eigenvalue weighted by Gasteiger charge is -2.08. The van der Waals surface area contributed by atoms with Crippen molar-refractivity contribution in [2.45, 2.75) is 13.0 Å². The average molecular weight is 171 g/mol. The van der Waals surface area contributed by atoms with E-state index in [1.165, 1.54) is 7.11 Å². The third kappa shape index (κ3) is 5.71. The van der Waals surface area contributed by atoms with Crippen molar-refractivity contribution < 1.29 is 14.6 Å². The minimum atomic E-state index is -0.669. The van der Waals surface area contributed by atoms with E-state index in [1.54, 1.807) is 6.92 Å². The van der Waals surface area contributed by atoms with E-state index in [0.29, 0.717) is 0 Å². The van der Waals surface area contributed by atoms with Gasteiger partial charge in [-0.1, -0.05) is 5.92 Å². The van der Waals surface area contributed by atoms with Crippen molar-refractivity contribution in [1.29, 1.82) is 0 Å². The molecule has 0 radical (unpaired) electrons. The van der Waals surface area contributed by atoms with Gasteiger partial charge in [0.15, 0.2) is 0 Å². The number of amides is 1. The first kappa shape index (κ1) is 11.0. The van der Waals surface area contributed by atoms with Crippen molar-refractivity contribution in [3.63, 3.8) is 0 Å². The van der Waals surface area contributed by atoms with E-state index in [0.717, 1.165) is 0 Å². The van der Waals surface area contributed by atoms with E-state index in [-0.39, 0.29) is 19.1 Å². The minimum absolute atomic E-state index is 0.168. The number of carbonyl (C=O) groups is 1. The number of hydrogen-bond donors (Lipinski definition) is 2. The fraction of sp³-hybridized carbons (Fsp3) is 0.625. The summed E-state index contributed by atoms with van der Waals surface area (Å²) in [5.74, 6) is 4.36. The molecule has 0 aromatic carbocycles. The molecule has 1 unspecified atom stereocenters. The average Bonchev–Trinajstić information content (AvgIpc) is 2.02. The number of ether oxygens (including phenoxy) is 1. The third-order valence-electron chi connectivity index (χ3n) is 1.10. The van der Waals surface area contributed by atoms with Gasteiger partial charge in [-0.15, -0.1) is 0 Å². The normalized spacial score (nSPS) is 11.2. The number of hydrogen-bond acceptors (Lipinski definition) is 3. The van der Waals surface area contributed by atoms with E-state index in [4.69, 9.17) is 5.11 Å². The Morgan fingerprint density at radius 3 is 2.92 bits per heavy atom. The molecule has 0 spiro atoms. The van der Waals surface area contributed by atoms with Crippen LogP contribution in [-0.2, 0) is 9.53 Å². The highest BCUT2D eigenvalue weighted by Crippen LogP contribution is 1.80. The third-order valence-corrected chi connectivity index (χ3v) is 1.10. The van der Waals surface area contributed by atoms with Gasteiger partial charge in [-0.2, -0.15) is 0 Å². The first-order valence-electron chi connectivity index (χ1n) is 3.58. The first-order chi connectivity index (χ1) is 5.70. The highest BCUT2D eigenvalue weighted by Gasteiger charge is 2.03. The molecular formula is C8H13NO3. The predicted octanol–water partition coefficient (Wildman–Crippen LogP) is -0.867. The zero-order chi connectivity index (χ0) is 9.40. The van der Waals surface area contributed by atoms with Crippen molar-refractivity contribution in [2.75, 3.05) is 20.3 Å². The van der Waals surface area contributed by atoms with E-state index in [2.05, 4.69) is 21.9 Å². The van der Waals surface area contributed by atoms with Crippen LogP contribution in [0, 0.1) is 11.8 Å². The predicted molar refractivity (Wildman–Crippen MR) is 44.3 cm³/mol. The Hall–Kier alpha value is -1.05. The fourth-order valence-electron chi connectivity index (χ4n) is 0.620. The quantitative estimate of drug-likeness (QED) is 0.541. The van der Waals surface area contributed by atoms with Gasteiger partial charge in [0.1, 0.15) is 0 Å². The molecule has 0 saturated heterocycles. The number of rotatable bonds is 4. The molecule has 0 rings (SSSR count). The topological polar surface area (TPSA) is 58.6 Å². The summed E-state index contributed by atoms with van der Waals surface area (Å²) in [7, 11) is 1.48.